The number of benzene rings is 1. The van der Waals surface area contributed by atoms with Gasteiger partial charge in [-0.1, -0.05) is 0 Å². The van der Waals surface area contributed by atoms with Crippen LogP contribution in [0.1, 0.15) is 23.2 Å². The molecule has 1 aliphatic carbocycles. The van der Waals surface area contributed by atoms with Gasteiger partial charge in [0.15, 0.2) is 6.61 Å². The zero-order chi connectivity index (χ0) is 13.1. The third kappa shape index (κ3) is 3.13. The number of carbonyl (C=O) groups is 2. The quantitative estimate of drug-likeness (QED) is 0.665. The fourth-order valence-corrected chi connectivity index (χ4v) is 1.45. The molecule has 0 saturated heterocycles. The van der Waals surface area contributed by atoms with Crippen molar-refractivity contribution in [3.63, 3.8) is 0 Å². The Morgan fingerprint density at radius 3 is 2.72 bits per heavy atom. The number of carboxylic acids is 1. The predicted molar refractivity (Wildman–Crippen MR) is 64.5 cm³/mol. The molecule has 96 valence electrons. The van der Waals surface area contributed by atoms with Gasteiger partial charge in [-0.15, -0.1) is 0 Å². The highest BCUT2D eigenvalue weighted by Crippen LogP contribution is 2.23. The van der Waals surface area contributed by atoms with Crippen LogP contribution < -0.4 is 15.8 Å². The number of carboxylic acid groups (broad SMARTS) is 1. The second-order valence-corrected chi connectivity index (χ2v) is 4.19. The Morgan fingerprint density at radius 2 is 2.17 bits per heavy atom. The molecule has 0 aromatic heterocycles. The second kappa shape index (κ2) is 4.95. The van der Waals surface area contributed by atoms with Gasteiger partial charge in [-0.2, -0.15) is 0 Å². The molecule has 6 heteroatoms. The Kier molecular flexibility index (Phi) is 3.36. The van der Waals surface area contributed by atoms with Gasteiger partial charge in [0.25, 0.3) is 5.91 Å². The molecule has 1 amide bonds. The molecule has 1 fully saturated rings. The molecule has 0 radical (unpaired) electrons. The molecule has 0 spiro atoms. The number of anilines is 1. The first-order valence-corrected chi connectivity index (χ1v) is 5.61. The number of carbonyl (C=O) groups excluding carboxylic acids is 1. The van der Waals surface area contributed by atoms with Gasteiger partial charge in [0.05, 0.1) is 11.3 Å². The van der Waals surface area contributed by atoms with Gasteiger partial charge >= 0.3 is 5.97 Å². The first-order chi connectivity index (χ1) is 8.56. The van der Waals surface area contributed by atoms with Crippen LogP contribution in [0.3, 0.4) is 0 Å². The van der Waals surface area contributed by atoms with Crippen LogP contribution in [0.2, 0.25) is 0 Å². The lowest BCUT2D eigenvalue weighted by atomic mass is 10.2. The molecule has 1 aliphatic rings. The number of hydrogen-bond acceptors (Lipinski definition) is 4. The van der Waals surface area contributed by atoms with Crippen molar-refractivity contribution in [2.75, 3.05) is 12.3 Å². The van der Waals surface area contributed by atoms with E-state index in [4.69, 9.17) is 15.6 Å². The highest BCUT2D eigenvalue weighted by Gasteiger charge is 2.23. The molecule has 0 atom stereocenters. The molecule has 18 heavy (non-hydrogen) atoms. The third-order valence-electron chi connectivity index (χ3n) is 2.56. The third-order valence-corrected chi connectivity index (χ3v) is 2.56. The van der Waals surface area contributed by atoms with Gasteiger partial charge < -0.3 is 20.9 Å². The topological polar surface area (TPSA) is 102 Å². The van der Waals surface area contributed by atoms with E-state index in [2.05, 4.69) is 5.32 Å². The molecule has 1 aromatic rings. The lowest BCUT2D eigenvalue weighted by Gasteiger charge is -2.09. The number of ether oxygens (including phenoxy) is 1. The standard InChI is InChI=1S/C12H14N2O4/c13-9-5-7(12(16)17)1-4-10(9)18-6-11(15)14-8-2-3-8/h1,4-5,8H,2-3,6,13H2,(H,14,15)(H,16,17). The molecule has 0 bridgehead atoms. The average molecular weight is 250 g/mol. The fourth-order valence-electron chi connectivity index (χ4n) is 1.45. The van der Waals surface area contributed by atoms with E-state index in [0.717, 1.165) is 12.8 Å². The monoisotopic (exact) mass is 250 g/mol. The maximum absolute atomic E-state index is 11.4. The molecule has 0 aliphatic heterocycles. The molecule has 1 saturated carbocycles. The summed E-state index contributed by atoms with van der Waals surface area (Å²) < 4.78 is 5.23. The Balaban J connectivity index is 1.92. The van der Waals surface area contributed by atoms with E-state index in [9.17, 15) is 9.59 Å². The number of nitrogens with two attached hydrogens (primary N) is 1. The number of nitrogens with one attached hydrogen (secondary N) is 1. The second-order valence-electron chi connectivity index (χ2n) is 4.19. The first-order valence-electron chi connectivity index (χ1n) is 5.61. The van der Waals surface area contributed by atoms with E-state index < -0.39 is 5.97 Å². The van der Waals surface area contributed by atoms with Crippen molar-refractivity contribution in [2.45, 2.75) is 18.9 Å². The van der Waals surface area contributed by atoms with Gasteiger partial charge in [0.1, 0.15) is 5.75 Å². The number of rotatable bonds is 5. The van der Waals surface area contributed by atoms with Crippen molar-refractivity contribution in [3.05, 3.63) is 23.8 Å². The van der Waals surface area contributed by atoms with E-state index in [1.807, 2.05) is 0 Å². The fraction of sp³-hybridized carbons (Fsp3) is 0.333. The van der Waals surface area contributed by atoms with Gasteiger partial charge in [-0.3, -0.25) is 4.79 Å². The largest absolute Gasteiger partial charge is 0.482 e. The minimum atomic E-state index is -1.06. The summed E-state index contributed by atoms with van der Waals surface area (Å²) in [4.78, 5) is 22.1. The number of hydrogen-bond donors (Lipinski definition) is 3. The van der Waals surface area contributed by atoms with Crippen LogP contribution in [0.4, 0.5) is 5.69 Å². The Morgan fingerprint density at radius 1 is 1.44 bits per heavy atom. The molecule has 6 nitrogen and oxygen atoms in total. The molecule has 0 heterocycles. The van der Waals surface area contributed by atoms with Crippen LogP contribution in [0.15, 0.2) is 18.2 Å². The number of nitrogen functional groups attached to an aromatic ring is 1. The predicted octanol–water partition coefficient (Wildman–Crippen LogP) is 0.624. The van der Waals surface area contributed by atoms with E-state index in [-0.39, 0.29) is 29.8 Å². The Bertz CT molecular complexity index is 483. The van der Waals surface area contributed by atoms with Gasteiger partial charge in [-0.25, -0.2) is 4.79 Å². The van der Waals surface area contributed by atoms with Crippen LogP contribution in [0.25, 0.3) is 0 Å². The van der Waals surface area contributed by atoms with E-state index in [1.54, 1.807) is 0 Å². The normalized spacial score (nSPS) is 14.0. The van der Waals surface area contributed by atoms with Crippen molar-refractivity contribution in [1.82, 2.24) is 5.32 Å². The van der Waals surface area contributed by atoms with Crippen molar-refractivity contribution in [1.29, 1.82) is 0 Å². The molecular formula is C12H14N2O4. The smallest absolute Gasteiger partial charge is 0.335 e. The van der Waals surface area contributed by atoms with E-state index in [1.165, 1.54) is 18.2 Å². The van der Waals surface area contributed by atoms with Crippen molar-refractivity contribution >= 4 is 17.6 Å². The maximum Gasteiger partial charge on any atom is 0.335 e. The average Bonchev–Trinajstić information content (AvgIpc) is 3.11. The lowest BCUT2D eigenvalue weighted by molar-refractivity contribution is -0.123. The van der Waals surface area contributed by atoms with Crippen LogP contribution >= 0.6 is 0 Å². The summed E-state index contributed by atoms with van der Waals surface area (Å²) in [5.74, 6) is -0.940. The van der Waals surface area contributed by atoms with Crippen LogP contribution in [0, 0.1) is 0 Å². The summed E-state index contributed by atoms with van der Waals surface area (Å²) in [5.41, 5.74) is 5.93. The first kappa shape index (κ1) is 12.2. The van der Waals surface area contributed by atoms with Crippen LogP contribution in [-0.4, -0.2) is 29.6 Å². The minimum absolute atomic E-state index is 0.0854. The summed E-state index contributed by atoms with van der Waals surface area (Å²) in [5, 5.41) is 11.5. The van der Waals surface area contributed by atoms with Gasteiger partial charge in [0.2, 0.25) is 0 Å². The van der Waals surface area contributed by atoms with Crippen molar-refractivity contribution in [3.8, 4) is 5.75 Å². The Labute approximate surface area is 104 Å². The number of amides is 1. The maximum atomic E-state index is 11.4. The summed E-state index contributed by atoms with van der Waals surface area (Å²) in [7, 11) is 0. The summed E-state index contributed by atoms with van der Waals surface area (Å²) in [6.45, 7) is -0.118. The van der Waals surface area contributed by atoms with Gasteiger partial charge in [-0.05, 0) is 31.0 Å². The SMILES string of the molecule is Nc1cc(C(=O)O)ccc1OCC(=O)NC1CC1. The van der Waals surface area contributed by atoms with Crippen LogP contribution in [-0.2, 0) is 4.79 Å². The van der Waals surface area contributed by atoms with Gasteiger partial charge in [0, 0.05) is 6.04 Å². The molecular weight excluding hydrogens is 236 g/mol. The summed E-state index contributed by atoms with van der Waals surface area (Å²) >= 11 is 0. The molecule has 2 rings (SSSR count). The molecule has 1 aromatic carbocycles. The molecule has 0 unspecified atom stereocenters. The summed E-state index contributed by atoms with van der Waals surface area (Å²) in [6, 6.07) is 4.42. The highest BCUT2D eigenvalue weighted by molar-refractivity contribution is 5.89. The van der Waals surface area contributed by atoms with E-state index in [0.29, 0.717) is 5.75 Å². The molecule has 4 N–H and O–H groups in total. The zero-order valence-corrected chi connectivity index (χ0v) is 9.68. The highest BCUT2D eigenvalue weighted by atomic mass is 16.5. The van der Waals surface area contributed by atoms with Crippen LogP contribution in [0.5, 0.6) is 5.75 Å². The number of aromatic carboxylic acids is 1. The lowest BCUT2D eigenvalue weighted by Crippen LogP contribution is -2.30. The minimum Gasteiger partial charge on any atom is -0.482 e. The van der Waals surface area contributed by atoms with Crippen molar-refractivity contribution in [2.24, 2.45) is 0 Å². The van der Waals surface area contributed by atoms with E-state index >= 15 is 0 Å². The zero-order valence-electron chi connectivity index (χ0n) is 9.68. The summed E-state index contributed by atoms with van der Waals surface area (Å²) in [6.07, 6.45) is 2.03. The Hall–Kier alpha value is -2.24. The van der Waals surface area contributed by atoms with Crippen molar-refractivity contribution < 1.29 is 19.4 Å².